The van der Waals surface area contributed by atoms with Crippen molar-refractivity contribution >= 4 is 17.7 Å². The second kappa shape index (κ2) is 8.43. The van der Waals surface area contributed by atoms with Gasteiger partial charge in [0.2, 0.25) is 0 Å². The Balaban J connectivity index is 2.54. The molecule has 1 atom stereocenters. The van der Waals surface area contributed by atoms with Gasteiger partial charge in [-0.2, -0.15) is 11.8 Å². The van der Waals surface area contributed by atoms with Gasteiger partial charge in [-0.25, -0.2) is 4.79 Å². The maximum Gasteiger partial charge on any atom is 0.339 e. The highest BCUT2D eigenvalue weighted by atomic mass is 32.2. The van der Waals surface area contributed by atoms with Crippen LogP contribution in [0.4, 0.5) is 0 Å². The van der Waals surface area contributed by atoms with Crippen molar-refractivity contribution in [3.05, 3.63) is 58.9 Å². The van der Waals surface area contributed by atoms with Crippen molar-refractivity contribution in [2.75, 3.05) is 13.4 Å². The highest BCUT2D eigenvalue weighted by molar-refractivity contribution is 7.99. The van der Waals surface area contributed by atoms with Crippen molar-refractivity contribution in [1.29, 1.82) is 0 Å². The van der Waals surface area contributed by atoms with Crippen LogP contribution in [0.1, 0.15) is 54.0 Å². The first-order valence-electron chi connectivity index (χ1n) is 8.35. The smallest absolute Gasteiger partial charge is 0.339 e. The molecule has 0 N–H and O–H groups in total. The van der Waals surface area contributed by atoms with E-state index in [1.54, 1.807) is 0 Å². The number of aromatic nitrogens is 1. The molecule has 0 spiro atoms. The largest absolute Gasteiger partial charge is 0.465 e. The minimum Gasteiger partial charge on any atom is -0.465 e. The minimum atomic E-state index is -0.244. The van der Waals surface area contributed by atoms with E-state index in [0.29, 0.717) is 16.7 Å². The molecule has 2 rings (SSSR count). The van der Waals surface area contributed by atoms with E-state index in [1.807, 2.05) is 23.9 Å². The summed E-state index contributed by atoms with van der Waals surface area (Å²) in [5.41, 5.74) is 4.21. The molecule has 2 aromatic rings. The maximum atomic E-state index is 12.3. The summed E-state index contributed by atoms with van der Waals surface area (Å²) < 4.78 is 7.34. The van der Waals surface area contributed by atoms with Crippen LogP contribution < -0.4 is 0 Å². The zero-order valence-electron chi connectivity index (χ0n) is 15.2. The van der Waals surface area contributed by atoms with Crippen molar-refractivity contribution < 1.29 is 9.53 Å². The Kier molecular flexibility index (Phi) is 6.55. The molecule has 130 valence electrons. The second-order valence-corrected chi connectivity index (χ2v) is 7.67. The fourth-order valence-corrected chi connectivity index (χ4v) is 3.23. The number of nitrogens with zero attached hydrogens (tertiary/aromatic N) is 1. The number of thioether (sulfide) groups is 1. The molecule has 1 aromatic heterocycles. The lowest BCUT2D eigenvalue weighted by atomic mass is 10.1. The third-order valence-corrected chi connectivity index (χ3v) is 5.28. The normalized spacial score (nSPS) is 12.4. The van der Waals surface area contributed by atoms with Crippen LogP contribution in [0.15, 0.2) is 36.4 Å². The van der Waals surface area contributed by atoms with Gasteiger partial charge in [-0.05, 0) is 23.8 Å². The lowest BCUT2D eigenvalue weighted by molar-refractivity contribution is 0.0599. The van der Waals surface area contributed by atoms with Crippen LogP contribution in [0.25, 0.3) is 0 Å². The van der Waals surface area contributed by atoms with Gasteiger partial charge in [0.15, 0.2) is 0 Å². The summed E-state index contributed by atoms with van der Waals surface area (Å²) in [7, 11) is 1.45. The summed E-state index contributed by atoms with van der Waals surface area (Å²) in [6.45, 7) is 7.31. The van der Waals surface area contributed by atoms with Gasteiger partial charge in [-0.1, -0.05) is 51.1 Å². The molecule has 0 bridgehead atoms. The summed E-state index contributed by atoms with van der Waals surface area (Å²) >= 11 is 1.81. The highest BCUT2D eigenvalue weighted by Crippen LogP contribution is 2.27. The van der Waals surface area contributed by atoms with Crippen LogP contribution in [-0.4, -0.2) is 29.2 Å². The molecule has 1 heterocycles. The summed E-state index contributed by atoms with van der Waals surface area (Å²) in [5, 5.41) is 0.442. The third-order valence-electron chi connectivity index (χ3n) is 4.30. The number of rotatable bonds is 7. The first-order chi connectivity index (χ1) is 11.5. The Morgan fingerprint density at radius 2 is 1.88 bits per heavy atom. The highest BCUT2D eigenvalue weighted by Gasteiger charge is 2.23. The van der Waals surface area contributed by atoms with Crippen molar-refractivity contribution in [2.24, 2.45) is 0 Å². The average molecular weight is 346 g/mol. The molecule has 1 unspecified atom stereocenters. The van der Waals surface area contributed by atoms with Crippen molar-refractivity contribution in [1.82, 2.24) is 4.57 Å². The zero-order valence-corrected chi connectivity index (χ0v) is 16.0. The summed E-state index contributed by atoms with van der Waals surface area (Å²) in [6, 6.07) is 12.4. The summed E-state index contributed by atoms with van der Waals surface area (Å²) in [6.07, 6.45) is 2.96. The van der Waals surface area contributed by atoms with E-state index in [1.165, 1.54) is 18.4 Å². The van der Waals surface area contributed by atoms with E-state index in [-0.39, 0.29) is 5.97 Å². The predicted octanol–water partition coefficient (Wildman–Crippen LogP) is 4.74. The molecule has 4 heteroatoms. The van der Waals surface area contributed by atoms with E-state index in [9.17, 15) is 4.79 Å². The quantitative estimate of drug-likeness (QED) is 0.679. The number of ether oxygens (including phenoxy) is 1. The molecule has 0 saturated heterocycles. The Morgan fingerprint density at radius 1 is 1.21 bits per heavy atom. The predicted molar refractivity (Wildman–Crippen MR) is 102 cm³/mol. The van der Waals surface area contributed by atoms with E-state index >= 15 is 0 Å². The van der Waals surface area contributed by atoms with Crippen LogP contribution >= 0.6 is 11.8 Å². The fourth-order valence-electron chi connectivity index (χ4n) is 2.90. The van der Waals surface area contributed by atoms with Crippen LogP contribution in [0.2, 0.25) is 0 Å². The van der Waals surface area contributed by atoms with E-state index < -0.39 is 0 Å². The van der Waals surface area contributed by atoms with Gasteiger partial charge in [0, 0.05) is 29.6 Å². The molecule has 0 amide bonds. The van der Waals surface area contributed by atoms with Crippen molar-refractivity contribution in [3.8, 4) is 0 Å². The van der Waals surface area contributed by atoms with E-state index in [0.717, 1.165) is 18.7 Å². The number of carbonyl (C=O) groups excluding carboxylic acids is 1. The van der Waals surface area contributed by atoms with Crippen LogP contribution in [-0.2, 0) is 17.7 Å². The second-order valence-electron chi connectivity index (χ2n) is 6.40. The molecular formula is C20H27NO2S. The van der Waals surface area contributed by atoms with Gasteiger partial charge in [-0.3, -0.25) is 0 Å². The fraction of sp³-hybridized carbons (Fsp3) is 0.450. The van der Waals surface area contributed by atoms with Gasteiger partial charge in [0.1, 0.15) is 0 Å². The van der Waals surface area contributed by atoms with E-state index in [2.05, 4.69) is 55.9 Å². The lowest BCUT2D eigenvalue weighted by Gasteiger charge is -2.18. The first-order valence-corrected chi connectivity index (χ1v) is 9.64. The maximum absolute atomic E-state index is 12.3. The minimum absolute atomic E-state index is 0.244. The molecule has 24 heavy (non-hydrogen) atoms. The van der Waals surface area contributed by atoms with Crippen LogP contribution in [0, 0.1) is 0 Å². The molecule has 0 aliphatic rings. The SMILES string of the molecule is COC(=O)c1cc(C(C)C)n(Cc2ccccc2)c1CC(C)SC. The van der Waals surface area contributed by atoms with Gasteiger partial charge in [-0.15, -0.1) is 0 Å². The molecule has 0 saturated carbocycles. The molecule has 0 fully saturated rings. The number of hydrogen-bond acceptors (Lipinski definition) is 3. The lowest BCUT2D eigenvalue weighted by Crippen LogP contribution is -2.15. The first kappa shape index (κ1) is 18.7. The third kappa shape index (κ3) is 4.23. The molecular weight excluding hydrogens is 318 g/mol. The average Bonchev–Trinajstić information content (AvgIpc) is 2.93. The Labute approximate surface area is 149 Å². The van der Waals surface area contributed by atoms with Crippen LogP contribution in [0.5, 0.6) is 0 Å². The molecule has 0 radical (unpaired) electrons. The Hall–Kier alpha value is -1.68. The molecule has 3 nitrogen and oxygen atoms in total. The molecule has 0 aliphatic carbocycles. The number of hydrogen-bond donors (Lipinski definition) is 0. The zero-order chi connectivity index (χ0) is 17.7. The van der Waals surface area contributed by atoms with E-state index in [4.69, 9.17) is 4.74 Å². The van der Waals surface area contributed by atoms with Gasteiger partial charge < -0.3 is 9.30 Å². The molecule has 0 aliphatic heterocycles. The van der Waals surface area contributed by atoms with Gasteiger partial charge in [0.25, 0.3) is 0 Å². The topological polar surface area (TPSA) is 31.2 Å². The molecule has 1 aromatic carbocycles. The van der Waals surface area contributed by atoms with Gasteiger partial charge in [0.05, 0.1) is 12.7 Å². The number of carbonyl (C=O) groups is 1. The number of methoxy groups -OCH3 is 1. The monoisotopic (exact) mass is 345 g/mol. The number of esters is 1. The van der Waals surface area contributed by atoms with Crippen molar-refractivity contribution in [2.45, 2.75) is 44.9 Å². The van der Waals surface area contributed by atoms with Crippen LogP contribution in [0.3, 0.4) is 0 Å². The van der Waals surface area contributed by atoms with Gasteiger partial charge >= 0.3 is 5.97 Å². The summed E-state index contributed by atoms with van der Waals surface area (Å²) in [5.74, 6) is 0.0995. The number of benzene rings is 1. The summed E-state index contributed by atoms with van der Waals surface area (Å²) in [4.78, 5) is 12.3. The van der Waals surface area contributed by atoms with Crippen molar-refractivity contribution in [3.63, 3.8) is 0 Å². The standard InChI is InChI=1S/C20H27NO2S/c1-14(2)18-12-17(20(22)23-4)19(11-15(3)24-5)21(18)13-16-9-7-6-8-10-16/h6-10,12,14-15H,11,13H2,1-5H3. The Bertz CT molecular complexity index is 676. The Morgan fingerprint density at radius 3 is 2.42 bits per heavy atom.